The van der Waals surface area contributed by atoms with Gasteiger partial charge < -0.3 is 0 Å². The summed E-state index contributed by atoms with van der Waals surface area (Å²) in [5, 5.41) is 14.1. The van der Waals surface area contributed by atoms with Gasteiger partial charge in [-0.1, -0.05) is 70.2 Å². The van der Waals surface area contributed by atoms with Gasteiger partial charge in [0.2, 0.25) is 5.16 Å². The minimum atomic E-state index is 0.686. The Kier molecular flexibility index (Phi) is 5.94. The average Bonchev–Trinajstić information content (AvgIpc) is 3.16. The summed E-state index contributed by atoms with van der Waals surface area (Å²) in [5.74, 6) is 1.48. The van der Waals surface area contributed by atoms with E-state index in [-0.39, 0.29) is 0 Å². The number of aromatic nitrogens is 4. The summed E-state index contributed by atoms with van der Waals surface area (Å²) in [6.45, 7) is 0. The largest absolute Gasteiger partial charge is 0.265 e. The second-order valence-electron chi connectivity index (χ2n) is 5.92. The Hall–Kier alpha value is -2.77. The van der Waals surface area contributed by atoms with E-state index in [4.69, 9.17) is 0 Å². The zero-order valence-electron chi connectivity index (χ0n) is 14.8. The third-order valence-corrected chi connectivity index (χ3v) is 5.47. The number of rotatable bonds is 6. The quantitative estimate of drug-likeness (QED) is 0.296. The van der Waals surface area contributed by atoms with Crippen molar-refractivity contribution in [2.24, 2.45) is 5.10 Å². The van der Waals surface area contributed by atoms with Crippen molar-refractivity contribution in [3.8, 4) is 11.4 Å². The van der Waals surface area contributed by atoms with Gasteiger partial charge in [-0.05, 0) is 35.4 Å². The highest BCUT2D eigenvalue weighted by Gasteiger charge is 2.14. The zero-order valence-corrected chi connectivity index (χ0v) is 17.2. The van der Waals surface area contributed by atoms with Crippen molar-refractivity contribution in [1.29, 1.82) is 0 Å². The number of benzene rings is 2. The number of halogens is 1. The fraction of sp³-hybridized carbons (Fsp3) is 0.0476. The molecule has 5 nitrogen and oxygen atoms in total. The van der Waals surface area contributed by atoms with E-state index in [1.807, 2.05) is 60.8 Å². The van der Waals surface area contributed by atoms with Gasteiger partial charge in [-0.2, -0.15) is 9.78 Å². The average molecular weight is 450 g/mol. The summed E-state index contributed by atoms with van der Waals surface area (Å²) in [7, 11) is 0. The molecule has 7 heteroatoms. The van der Waals surface area contributed by atoms with Crippen molar-refractivity contribution in [2.75, 3.05) is 0 Å². The van der Waals surface area contributed by atoms with Gasteiger partial charge in [0, 0.05) is 28.2 Å². The van der Waals surface area contributed by atoms with Gasteiger partial charge in [0.15, 0.2) is 5.82 Å². The van der Waals surface area contributed by atoms with Crippen LogP contribution in [0, 0.1) is 0 Å². The van der Waals surface area contributed by atoms with E-state index in [0.29, 0.717) is 5.82 Å². The Morgan fingerprint density at radius 1 is 0.929 bits per heavy atom. The number of thioether (sulfide) groups is 1. The maximum Gasteiger partial charge on any atom is 0.212 e. The third kappa shape index (κ3) is 4.55. The minimum absolute atomic E-state index is 0.686. The van der Waals surface area contributed by atoms with Crippen molar-refractivity contribution in [1.82, 2.24) is 19.9 Å². The van der Waals surface area contributed by atoms with Gasteiger partial charge in [-0.3, -0.25) is 4.98 Å². The molecule has 0 amide bonds. The molecule has 0 aliphatic heterocycles. The van der Waals surface area contributed by atoms with Crippen LogP contribution in [0.15, 0.2) is 93.9 Å². The maximum absolute atomic E-state index is 4.66. The molecule has 2 aromatic carbocycles. The highest BCUT2D eigenvalue weighted by atomic mass is 79.9. The first-order chi connectivity index (χ1) is 13.8. The molecule has 0 unspecified atom stereocenters. The standard InChI is InChI=1S/C21H16BrN5S/c22-19-8-6-16(7-9-19)14-24-27-20(18-10-12-23-13-11-18)25-26-21(27)28-15-17-4-2-1-3-5-17/h1-14H,15H2. The van der Waals surface area contributed by atoms with E-state index >= 15 is 0 Å². The van der Waals surface area contributed by atoms with E-state index in [0.717, 1.165) is 26.5 Å². The van der Waals surface area contributed by atoms with Gasteiger partial charge in [-0.25, -0.2) is 0 Å². The van der Waals surface area contributed by atoms with E-state index < -0.39 is 0 Å². The smallest absolute Gasteiger partial charge is 0.212 e. The SMILES string of the molecule is Brc1ccc(C=Nn2c(SCc3ccccc3)nnc2-c2ccncc2)cc1. The molecule has 0 radical (unpaired) electrons. The third-order valence-electron chi connectivity index (χ3n) is 3.95. The molecule has 28 heavy (non-hydrogen) atoms. The lowest BCUT2D eigenvalue weighted by molar-refractivity contribution is 0.772. The number of nitrogens with zero attached hydrogens (tertiary/aromatic N) is 5. The van der Waals surface area contributed by atoms with E-state index in [9.17, 15) is 0 Å². The molecule has 2 aromatic heterocycles. The molecule has 0 aliphatic carbocycles. The molecule has 0 N–H and O–H groups in total. The highest BCUT2D eigenvalue weighted by molar-refractivity contribution is 9.10. The second kappa shape index (κ2) is 8.95. The van der Waals surface area contributed by atoms with Crippen LogP contribution in [0.1, 0.15) is 11.1 Å². The predicted molar refractivity (Wildman–Crippen MR) is 116 cm³/mol. The normalized spacial score (nSPS) is 11.2. The summed E-state index contributed by atoms with van der Waals surface area (Å²) in [6, 6.07) is 22.1. The molecular weight excluding hydrogens is 434 g/mol. The van der Waals surface area contributed by atoms with Crippen LogP contribution >= 0.6 is 27.7 Å². The molecule has 0 saturated carbocycles. The highest BCUT2D eigenvalue weighted by Crippen LogP contribution is 2.26. The van der Waals surface area contributed by atoms with Crippen molar-refractivity contribution < 1.29 is 0 Å². The number of pyridine rings is 1. The van der Waals surface area contributed by atoms with Gasteiger partial charge in [0.1, 0.15) is 0 Å². The van der Waals surface area contributed by atoms with E-state index in [1.165, 1.54) is 5.56 Å². The van der Waals surface area contributed by atoms with Crippen molar-refractivity contribution in [3.05, 3.63) is 94.7 Å². The fourth-order valence-corrected chi connectivity index (χ4v) is 3.64. The zero-order chi connectivity index (χ0) is 19.2. The van der Waals surface area contributed by atoms with Crippen LogP contribution in [0.4, 0.5) is 0 Å². The lowest BCUT2D eigenvalue weighted by Crippen LogP contribution is -1.97. The van der Waals surface area contributed by atoms with Crippen LogP contribution in [-0.4, -0.2) is 26.1 Å². The molecule has 4 aromatic rings. The molecule has 0 bridgehead atoms. The molecule has 0 aliphatic rings. The molecule has 4 rings (SSSR count). The fourth-order valence-electron chi connectivity index (χ4n) is 2.54. The van der Waals surface area contributed by atoms with Gasteiger partial charge >= 0.3 is 0 Å². The first-order valence-electron chi connectivity index (χ1n) is 8.62. The van der Waals surface area contributed by atoms with Gasteiger partial charge in [0.25, 0.3) is 0 Å². The summed E-state index contributed by atoms with van der Waals surface area (Å²) in [4.78, 5) is 4.08. The van der Waals surface area contributed by atoms with Crippen molar-refractivity contribution in [2.45, 2.75) is 10.9 Å². The van der Waals surface area contributed by atoms with Crippen LogP contribution in [-0.2, 0) is 5.75 Å². The first-order valence-corrected chi connectivity index (χ1v) is 10.4. The molecular formula is C21H16BrN5S. The summed E-state index contributed by atoms with van der Waals surface area (Å²) >= 11 is 5.06. The lowest BCUT2D eigenvalue weighted by Gasteiger charge is -2.05. The topological polar surface area (TPSA) is 56.0 Å². The van der Waals surface area contributed by atoms with Crippen molar-refractivity contribution >= 4 is 33.9 Å². The summed E-state index contributed by atoms with van der Waals surface area (Å²) in [5.41, 5.74) is 3.14. The first kappa shape index (κ1) is 18.6. The van der Waals surface area contributed by atoms with Crippen LogP contribution in [0.2, 0.25) is 0 Å². The van der Waals surface area contributed by atoms with Crippen molar-refractivity contribution in [3.63, 3.8) is 0 Å². The molecule has 0 fully saturated rings. The lowest BCUT2D eigenvalue weighted by atomic mass is 10.2. The monoisotopic (exact) mass is 449 g/mol. The second-order valence-corrected chi connectivity index (χ2v) is 7.78. The molecule has 2 heterocycles. The van der Waals surface area contributed by atoms with E-state index in [1.54, 1.807) is 28.8 Å². The minimum Gasteiger partial charge on any atom is -0.265 e. The molecule has 138 valence electrons. The predicted octanol–water partition coefficient (Wildman–Crippen LogP) is 5.28. The van der Waals surface area contributed by atoms with Crippen LogP contribution in [0.25, 0.3) is 11.4 Å². The Morgan fingerprint density at radius 3 is 2.43 bits per heavy atom. The number of hydrogen-bond donors (Lipinski definition) is 0. The number of hydrogen-bond acceptors (Lipinski definition) is 5. The van der Waals surface area contributed by atoms with E-state index in [2.05, 4.69) is 48.3 Å². The molecule has 0 saturated heterocycles. The Labute approximate surface area is 175 Å². The van der Waals surface area contributed by atoms with Gasteiger partial charge in [0.05, 0.1) is 6.21 Å². The molecule has 0 atom stereocenters. The summed E-state index contributed by atoms with van der Waals surface area (Å²) < 4.78 is 2.82. The summed E-state index contributed by atoms with van der Waals surface area (Å²) in [6.07, 6.45) is 5.29. The Bertz CT molecular complexity index is 1060. The van der Waals surface area contributed by atoms with Gasteiger partial charge in [-0.15, -0.1) is 10.2 Å². The Morgan fingerprint density at radius 2 is 1.68 bits per heavy atom. The Balaban J connectivity index is 1.65. The van der Waals surface area contributed by atoms with Crippen LogP contribution in [0.3, 0.4) is 0 Å². The van der Waals surface area contributed by atoms with Crippen LogP contribution < -0.4 is 0 Å². The maximum atomic E-state index is 4.66. The van der Waals surface area contributed by atoms with Crippen LogP contribution in [0.5, 0.6) is 0 Å². The molecule has 0 spiro atoms.